The van der Waals surface area contributed by atoms with E-state index in [0.29, 0.717) is 16.6 Å². The molecule has 0 aliphatic rings. The molecule has 1 aromatic carbocycles. The molecule has 0 spiro atoms. The van der Waals surface area contributed by atoms with E-state index in [1.54, 1.807) is 24.3 Å². The molecule has 0 aliphatic carbocycles. The minimum absolute atomic E-state index is 0.184. The number of alkyl halides is 3. The van der Waals surface area contributed by atoms with Crippen LogP contribution in [0.3, 0.4) is 0 Å². The van der Waals surface area contributed by atoms with Gasteiger partial charge in [-0.2, -0.15) is 13.2 Å². The van der Waals surface area contributed by atoms with Crippen molar-refractivity contribution >= 4 is 22.1 Å². The largest absolute Gasteiger partial charge is 0.452 e. The molecule has 0 unspecified atom stereocenters. The van der Waals surface area contributed by atoms with Crippen molar-refractivity contribution in [3.63, 3.8) is 0 Å². The van der Waals surface area contributed by atoms with E-state index in [1.165, 1.54) is 6.92 Å². The minimum Gasteiger partial charge on any atom is -0.452 e. The van der Waals surface area contributed by atoms with Crippen LogP contribution in [0.2, 0.25) is 0 Å². The molecule has 6 heteroatoms. The Morgan fingerprint density at radius 3 is 2.35 bits per heavy atom. The van der Waals surface area contributed by atoms with Gasteiger partial charge in [0.05, 0.1) is 5.69 Å². The zero-order valence-corrected chi connectivity index (χ0v) is 11.2. The summed E-state index contributed by atoms with van der Waals surface area (Å²) >= 11 is 0. The number of hydrogen-bond acceptors (Lipinski definition) is 3. The van der Waals surface area contributed by atoms with E-state index < -0.39 is 12.0 Å². The predicted molar refractivity (Wildman–Crippen MR) is 70.4 cm³/mol. The molecule has 0 atom stereocenters. The van der Waals surface area contributed by atoms with E-state index in [2.05, 4.69) is 9.97 Å². The first-order valence-electron chi connectivity index (χ1n) is 6.20. The van der Waals surface area contributed by atoms with Crippen LogP contribution in [0.4, 0.5) is 13.2 Å². The van der Waals surface area contributed by atoms with E-state index in [0.717, 1.165) is 0 Å². The normalized spacial score (nSPS) is 11.5. The first-order chi connectivity index (χ1) is 9.47. The summed E-state index contributed by atoms with van der Waals surface area (Å²) < 4.78 is 43.4. The first kappa shape index (κ1) is 14.3. The van der Waals surface area contributed by atoms with Gasteiger partial charge in [-0.1, -0.05) is 26.0 Å². The Bertz CT molecular complexity index is 747. The van der Waals surface area contributed by atoms with Crippen LogP contribution in [0.15, 0.2) is 28.7 Å². The van der Waals surface area contributed by atoms with Gasteiger partial charge in [-0.25, -0.2) is 9.97 Å². The summed E-state index contributed by atoms with van der Waals surface area (Å²) in [7, 11) is 0. The van der Waals surface area contributed by atoms with Crippen LogP contribution in [0, 0.1) is 6.92 Å². The number of hydrogen-bond donors (Lipinski definition) is 0. The van der Waals surface area contributed by atoms with Crippen LogP contribution in [-0.2, 0) is 6.18 Å². The number of halogens is 3. The minimum atomic E-state index is -4.56. The quantitative estimate of drug-likeness (QED) is 0.598. The third-order valence-corrected chi connectivity index (χ3v) is 2.64. The lowest BCUT2D eigenvalue weighted by Gasteiger charge is -2.05. The van der Waals surface area contributed by atoms with Gasteiger partial charge in [0.15, 0.2) is 5.58 Å². The number of furan rings is 1. The number of nitrogens with zero attached hydrogens (tertiary/aromatic N) is 2. The summed E-state index contributed by atoms with van der Waals surface area (Å²) in [5, 5.41) is 0.559. The Morgan fingerprint density at radius 1 is 1.05 bits per heavy atom. The molecule has 2 aromatic heterocycles. The second-order valence-corrected chi connectivity index (χ2v) is 3.91. The molecule has 2 heterocycles. The molecule has 3 nitrogen and oxygen atoms in total. The maximum absolute atomic E-state index is 12.6. The molecule has 0 saturated heterocycles. The van der Waals surface area contributed by atoms with Gasteiger partial charge in [-0.15, -0.1) is 0 Å². The SMILES string of the molecule is CC.Cc1nc(C(F)(F)F)nc2c1oc1ccccc12. The smallest absolute Gasteiger partial charge is 0.451 e. The highest BCUT2D eigenvalue weighted by Gasteiger charge is 2.35. The molecule has 20 heavy (non-hydrogen) atoms. The Morgan fingerprint density at radius 2 is 1.70 bits per heavy atom. The van der Waals surface area contributed by atoms with E-state index in [-0.39, 0.29) is 11.2 Å². The van der Waals surface area contributed by atoms with Crippen molar-refractivity contribution < 1.29 is 17.6 Å². The van der Waals surface area contributed by atoms with Gasteiger partial charge in [-0.3, -0.25) is 0 Å². The van der Waals surface area contributed by atoms with Crippen molar-refractivity contribution in [3.8, 4) is 0 Å². The zero-order chi connectivity index (χ0) is 14.9. The number of benzene rings is 1. The molecule has 0 bridgehead atoms. The number of para-hydroxylation sites is 1. The average Bonchev–Trinajstić information content (AvgIpc) is 2.80. The van der Waals surface area contributed by atoms with Crippen molar-refractivity contribution in [1.29, 1.82) is 0 Å². The number of rotatable bonds is 0. The van der Waals surface area contributed by atoms with Crippen LogP contribution >= 0.6 is 0 Å². The Kier molecular flexibility index (Phi) is 3.65. The maximum Gasteiger partial charge on any atom is 0.451 e. The van der Waals surface area contributed by atoms with E-state index >= 15 is 0 Å². The fourth-order valence-corrected chi connectivity index (χ4v) is 1.86. The maximum atomic E-state index is 12.6. The number of aromatic nitrogens is 2. The van der Waals surface area contributed by atoms with Crippen LogP contribution in [-0.4, -0.2) is 9.97 Å². The van der Waals surface area contributed by atoms with E-state index in [4.69, 9.17) is 4.42 Å². The Balaban J connectivity index is 0.000000704. The molecule has 106 valence electrons. The molecular formula is C14H13F3N2O. The summed E-state index contributed by atoms with van der Waals surface area (Å²) in [6.45, 7) is 5.47. The van der Waals surface area contributed by atoms with Gasteiger partial charge < -0.3 is 4.42 Å². The van der Waals surface area contributed by atoms with Gasteiger partial charge in [0.25, 0.3) is 0 Å². The van der Waals surface area contributed by atoms with Gasteiger partial charge in [0, 0.05) is 5.39 Å². The lowest BCUT2D eigenvalue weighted by molar-refractivity contribution is -0.144. The highest BCUT2D eigenvalue weighted by Crippen LogP contribution is 2.32. The topological polar surface area (TPSA) is 38.9 Å². The molecular weight excluding hydrogens is 269 g/mol. The van der Waals surface area contributed by atoms with Crippen molar-refractivity contribution in [2.75, 3.05) is 0 Å². The molecule has 3 rings (SSSR count). The van der Waals surface area contributed by atoms with Gasteiger partial charge >= 0.3 is 6.18 Å². The molecule has 0 radical (unpaired) electrons. The first-order valence-corrected chi connectivity index (χ1v) is 6.20. The summed E-state index contributed by atoms with van der Waals surface area (Å²) in [4.78, 5) is 7.00. The van der Waals surface area contributed by atoms with Crippen LogP contribution in [0.5, 0.6) is 0 Å². The van der Waals surface area contributed by atoms with Crippen LogP contribution < -0.4 is 0 Å². The highest BCUT2D eigenvalue weighted by atomic mass is 19.4. The highest BCUT2D eigenvalue weighted by molar-refractivity contribution is 6.02. The predicted octanol–water partition coefficient (Wildman–Crippen LogP) is 4.73. The summed E-state index contributed by atoms with van der Waals surface area (Å²) in [5.41, 5.74) is 1.18. The monoisotopic (exact) mass is 282 g/mol. The van der Waals surface area contributed by atoms with Crippen molar-refractivity contribution in [3.05, 3.63) is 35.8 Å². The molecule has 0 saturated carbocycles. The second kappa shape index (κ2) is 5.11. The third kappa shape index (κ3) is 2.33. The fourth-order valence-electron chi connectivity index (χ4n) is 1.86. The Hall–Kier alpha value is -2.11. The molecule has 0 N–H and O–H groups in total. The zero-order valence-electron chi connectivity index (χ0n) is 11.2. The van der Waals surface area contributed by atoms with Crippen LogP contribution in [0.25, 0.3) is 22.1 Å². The molecule has 0 fully saturated rings. The van der Waals surface area contributed by atoms with Gasteiger partial charge in [-0.05, 0) is 19.1 Å². The molecule has 0 aliphatic heterocycles. The van der Waals surface area contributed by atoms with Crippen molar-refractivity contribution in [2.45, 2.75) is 26.9 Å². The molecule has 0 amide bonds. The van der Waals surface area contributed by atoms with E-state index in [1.807, 2.05) is 13.8 Å². The fraction of sp³-hybridized carbons (Fsp3) is 0.286. The lowest BCUT2D eigenvalue weighted by atomic mass is 10.2. The lowest BCUT2D eigenvalue weighted by Crippen LogP contribution is -2.11. The van der Waals surface area contributed by atoms with Gasteiger partial charge in [0.2, 0.25) is 5.82 Å². The summed E-state index contributed by atoms with van der Waals surface area (Å²) in [5.74, 6) is -1.14. The molecule has 3 aromatic rings. The van der Waals surface area contributed by atoms with Crippen LogP contribution in [0.1, 0.15) is 25.4 Å². The standard InChI is InChI=1S/C12H7F3N2O.C2H6/c1-6-10-9(17-11(16-6)12(13,14)15)7-4-2-3-5-8(7)18-10;1-2/h2-5H,1H3;1-2H3. The van der Waals surface area contributed by atoms with E-state index in [9.17, 15) is 13.2 Å². The second-order valence-electron chi connectivity index (χ2n) is 3.91. The number of fused-ring (bicyclic) bond motifs is 3. The number of aryl methyl sites for hydroxylation is 1. The Labute approximate surface area is 113 Å². The van der Waals surface area contributed by atoms with Crippen molar-refractivity contribution in [1.82, 2.24) is 9.97 Å². The van der Waals surface area contributed by atoms with Gasteiger partial charge in [0.1, 0.15) is 11.1 Å². The average molecular weight is 282 g/mol. The summed E-state index contributed by atoms with van der Waals surface area (Å²) in [6, 6.07) is 6.83. The van der Waals surface area contributed by atoms with Crippen molar-refractivity contribution in [2.24, 2.45) is 0 Å². The summed E-state index contributed by atoms with van der Waals surface area (Å²) in [6.07, 6.45) is -4.56. The third-order valence-electron chi connectivity index (χ3n) is 2.64.